The van der Waals surface area contributed by atoms with Crippen molar-refractivity contribution in [1.82, 2.24) is 0 Å². The maximum Gasteiger partial charge on any atom is 0.0726 e. The summed E-state index contributed by atoms with van der Waals surface area (Å²) in [5.74, 6) is 0. The highest BCUT2D eigenvalue weighted by molar-refractivity contribution is 6.12. The highest BCUT2D eigenvalue weighted by Gasteiger charge is 2.53. The van der Waals surface area contributed by atoms with Crippen LogP contribution in [0.4, 0.5) is 34.1 Å². The molecule has 0 fully saturated rings. The van der Waals surface area contributed by atoms with Crippen molar-refractivity contribution < 1.29 is 0 Å². The molecule has 2 heteroatoms. The van der Waals surface area contributed by atoms with Crippen molar-refractivity contribution in [3.8, 4) is 33.4 Å². The Hall–Kier alpha value is -7.94. The molecule has 64 heavy (non-hydrogen) atoms. The molecule has 0 saturated carbocycles. The lowest BCUT2D eigenvalue weighted by atomic mass is 9.70. The van der Waals surface area contributed by atoms with E-state index in [1.165, 1.54) is 88.9 Å². The van der Waals surface area contributed by atoms with Crippen LogP contribution >= 0.6 is 0 Å². The number of hydrogen-bond acceptors (Lipinski definition) is 2. The molecule has 302 valence electrons. The van der Waals surface area contributed by atoms with Gasteiger partial charge in [-0.2, -0.15) is 0 Å². The van der Waals surface area contributed by atoms with Gasteiger partial charge in [0.15, 0.2) is 0 Å². The summed E-state index contributed by atoms with van der Waals surface area (Å²) >= 11 is 0. The van der Waals surface area contributed by atoms with Crippen LogP contribution in [-0.4, -0.2) is 0 Å². The smallest absolute Gasteiger partial charge is 0.0726 e. The third kappa shape index (κ3) is 4.97. The fourth-order valence-corrected chi connectivity index (χ4v) is 11.8. The molecule has 13 rings (SSSR count). The predicted octanol–water partition coefficient (Wildman–Crippen LogP) is 16.4. The Bertz CT molecular complexity index is 3440. The van der Waals surface area contributed by atoms with Crippen LogP contribution in [-0.2, 0) is 10.8 Å². The number of rotatable bonds is 6. The van der Waals surface area contributed by atoms with Crippen LogP contribution in [0.2, 0.25) is 0 Å². The fraction of sp³-hybridized carbons (Fsp3) is 0.0645. The molecule has 2 nitrogen and oxygen atoms in total. The van der Waals surface area contributed by atoms with Gasteiger partial charge < -0.3 is 9.80 Å². The first kappa shape index (κ1) is 36.7. The molecule has 3 aliphatic carbocycles. The maximum absolute atomic E-state index is 2.50. The number of para-hydroxylation sites is 3. The summed E-state index contributed by atoms with van der Waals surface area (Å²) in [5, 5.41) is 2.44. The number of anilines is 6. The standard InChI is InChI=1S/C62H44N2/c1-61(2)51-32-17-15-30-48(51)58-55(61)35-20-36-57(58)63(42-22-6-3-7-23-42)45-37-38-54-50(40-45)47-29-14-18-33-52(47)62(54)53-34-19-16-31-49(53)59-56(62)39-41-21-12-13-28-46(41)60(59)64(43-24-8-4-9-25-43)44-26-10-5-11-27-44/h3-40H,1-2H3. The van der Waals surface area contributed by atoms with E-state index < -0.39 is 5.41 Å². The summed E-state index contributed by atoms with van der Waals surface area (Å²) in [6, 6.07) is 85.7. The fourth-order valence-electron chi connectivity index (χ4n) is 11.8. The topological polar surface area (TPSA) is 6.48 Å². The SMILES string of the molecule is CC1(C)c2ccccc2-c2c(N(c3ccccc3)c3ccc4c(c3)-c3ccccc3C43c4ccccc4-c4c3cc3ccccc3c4N(c3ccccc3)c3ccccc3)cccc21. The van der Waals surface area contributed by atoms with Crippen molar-refractivity contribution in [2.75, 3.05) is 9.80 Å². The second-order valence-electron chi connectivity index (χ2n) is 18.0. The van der Waals surface area contributed by atoms with Crippen LogP contribution in [0.5, 0.6) is 0 Å². The molecule has 1 spiro atoms. The molecule has 3 aliphatic rings. The highest BCUT2D eigenvalue weighted by Crippen LogP contribution is 2.66. The van der Waals surface area contributed by atoms with Crippen LogP contribution in [0.1, 0.15) is 47.2 Å². The summed E-state index contributed by atoms with van der Waals surface area (Å²) < 4.78 is 0. The number of hydrogen-bond donors (Lipinski definition) is 0. The van der Waals surface area contributed by atoms with Gasteiger partial charge in [0.2, 0.25) is 0 Å². The Balaban J connectivity index is 1.10. The van der Waals surface area contributed by atoms with Gasteiger partial charge in [0, 0.05) is 44.7 Å². The number of fused-ring (bicyclic) bond motifs is 14. The summed E-state index contributed by atoms with van der Waals surface area (Å²) in [6.07, 6.45) is 0. The minimum Gasteiger partial charge on any atom is -0.310 e. The van der Waals surface area contributed by atoms with Gasteiger partial charge >= 0.3 is 0 Å². The van der Waals surface area contributed by atoms with Crippen LogP contribution in [0, 0.1) is 0 Å². The minimum atomic E-state index is -0.553. The Labute approximate surface area is 375 Å². The third-order valence-electron chi connectivity index (χ3n) is 14.4. The van der Waals surface area contributed by atoms with E-state index in [9.17, 15) is 0 Å². The van der Waals surface area contributed by atoms with Gasteiger partial charge in [0.25, 0.3) is 0 Å². The van der Waals surface area contributed by atoms with Crippen LogP contribution in [0.15, 0.2) is 231 Å². The number of benzene rings is 10. The van der Waals surface area contributed by atoms with Crippen LogP contribution in [0.3, 0.4) is 0 Å². The van der Waals surface area contributed by atoms with Crippen LogP contribution in [0.25, 0.3) is 44.2 Å². The molecule has 1 atom stereocenters. The van der Waals surface area contributed by atoms with Crippen molar-refractivity contribution in [1.29, 1.82) is 0 Å². The first-order valence-electron chi connectivity index (χ1n) is 22.4. The van der Waals surface area contributed by atoms with Gasteiger partial charge in [0.05, 0.1) is 16.8 Å². The van der Waals surface area contributed by atoms with Gasteiger partial charge in [-0.25, -0.2) is 0 Å². The average Bonchev–Trinajstić information content (AvgIpc) is 3.91. The Morgan fingerprint density at radius 1 is 0.312 bits per heavy atom. The largest absolute Gasteiger partial charge is 0.310 e. The van der Waals surface area contributed by atoms with E-state index in [0.717, 1.165) is 22.7 Å². The molecule has 0 heterocycles. The van der Waals surface area contributed by atoms with Crippen molar-refractivity contribution >= 4 is 44.9 Å². The summed E-state index contributed by atoms with van der Waals surface area (Å²) in [4.78, 5) is 4.97. The molecular formula is C62H44N2. The van der Waals surface area contributed by atoms with E-state index in [4.69, 9.17) is 0 Å². The lowest BCUT2D eigenvalue weighted by molar-refractivity contribution is 0.660. The monoisotopic (exact) mass is 816 g/mol. The van der Waals surface area contributed by atoms with Crippen molar-refractivity contribution in [3.05, 3.63) is 264 Å². The summed E-state index contributed by atoms with van der Waals surface area (Å²) in [7, 11) is 0. The first-order valence-corrected chi connectivity index (χ1v) is 22.4. The van der Waals surface area contributed by atoms with E-state index in [1.54, 1.807) is 0 Å². The van der Waals surface area contributed by atoms with Gasteiger partial charge in [-0.15, -0.1) is 0 Å². The van der Waals surface area contributed by atoms with Gasteiger partial charge in [-0.05, 0) is 122 Å². The molecule has 0 amide bonds. The molecular weight excluding hydrogens is 773 g/mol. The van der Waals surface area contributed by atoms with Crippen molar-refractivity contribution in [3.63, 3.8) is 0 Å². The van der Waals surface area contributed by atoms with E-state index in [2.05, 4.69) is 254 Å². The average molecular weight is 817 g/mol. The van der Waals surface area contributed by atoms with Gasteiger partial charge in [0.1, 0.15) is 0 Å². The Kier molecular flexibility index (Phi) is 7.90. The highest BCUT2D eigenvalue weighted by atomic mass is 15.2. The van der Waals surface area contributed by atoms with Crippen molar-refractivity contribution in [2.45, 2.75) is 24.7 Å². The van der Waals surface area contributed by atoms with E-state index in [0.29, 0.717) is 0 Å². The zero-order valence-electron chi connectivity index (χ0n) is 35.8. The molecule has 0 radical (unpaired) electrons. The van der Waals surface area contributed by atoms with E-state index >= 15 is 0 Å². The molecule has 0 aliphatic heterocycles. The second kappa shape index (κ2) is 13.8. The lowest BCUT2D eigenvalue weighted by Crippen LogP contribution is -2.26. The van der Waals surface area contributed by atoms with E-state index in [-0.39, 0.29) is 5.41 Å². The Morgan fingerprint density at radius 2 is 0.812 bits per heavy atom. The molecule has 10 aromatic rings. The van der Waals surface area contributed by atoms with Crippen LogP contribution < -0.4 is 9.80 Å². The second-order valence-corrected chi connectivity index (χ2v) is 18.0. The number of nitrogens with zero attached hydrogens (tertiary/aromatic N) is 2. The predicted molar refractivity (Wildman–Crippen MR) is 267 cm³/mol. The molecule has 0 N–H and O–H groups in total. The minimum absolute atomic E-state index is 0.115. The quantitative estimate of drug-likeness (QED) is 0.165. The zero-order chi connectivity index (χ0) is 42.6. The van der Waals surface area contributed by atoms with E-state index in [1.807, 2.05) is 0 Å². The van der Waals surface area contributed by atoms with Crippen molar-refractivity contribution in [2.24, 2.45) is 0 Å². The molecule has 1 unspecified atom stereocenters. The molecule has 10 aromatic carbocycles. The molecule has 0 aromatic heterocycles. The lowest BCUT2D eigenvalue weighted by Gasteiger charge is -2.33. The Morgan fingerprint density at radius 3 is 1.48 bits per heavy atom. The maximum atomic E-state index is 2.50. The van der Waals surface area contributed by atoms with Gasteiger partial charge in [-0.3, -0.25) is 0 Å². The molecule has 0 saturated heterocycles. The first-order chi connectivity index (χ1) is 31.5. The normalized spacial score (nSPS) is 15.5. The van der Waals surface area contributed by atoms with Gasteiger partial charge in [-0.1, -0.05) is 184 Å². The molecule has 0 bridgehead atoms. The summed E-state index contributed by atoms with van der Waals surface area (Å²) in [6.45, 7) is 4.73. The summed E-state index contributed by atoms with van der Waals surface area (Å²) in [5.41, 5.74) is 22.0. The third-order valence-corrected chi connectivity index (χ3v) is 14.4. The zero-order valence-corrected chi connectivity index (χ0v) is 35.8.